The van der Waals surface area contributed by atoms with Crippen molar-refractivity contribution in [3.63, 3.8) is 0 Å². The van der Waals surface area contributed by atoms with Gasteiger partial charge in [0.05, 0.1) is 7.11 Å². The lowest BCUT2D eigenvalue weighted by Gasteiger charge is -2.12. The first-order valence-corrected chi connectivity index (χ1v) is 10.1. The number of rotatable bonds is 9. The molecule has 2 amide bonds. The summed E-state index contributed by atoms with van der Waals surface area (Å²) in [7, 11) is 1.60. The molecule has 34 heavy (non-hydrogen) atoms. The van der Waals surface area contributed by atoms with Crippen molar-refractivity contribution in [1.29, 1.82) is 0 Å². The van der Waals surface area contributed by atoms with Gasteiger partial charge in [-0.05, 0) is 55.5 Å². The zero-order chi connectivity index (χ0) is 24.6. The minimum Gasteiger partial charge on any atom is -0.497 e. The summed E-state index contributed by atoms with van der Waals surface area (Å²) in [6.45, 7) is 2.43. The molecule has 0 spiro atoms. The zero-order valence-corrected chi connectivity index (χ0v) is 18.4. The van der Waals surface area contributed by atoms with E-state index in [1.54, 1.807) is 13.2 Å². The fourth-order valence-electron chi connectivity index (χ4n) is 2.80. The van der Waals surface area contributed by atoms with Gasteiger partial charge >= 0.3 is 12.4 Å². The van der Waals surface area contributed by atoms with Crippen LogP contribution < -0.4 is 30.7 Å². The molecule has 0 radical (unpaired) electrons. The first-order chi connectivity index (χ1) is 16.2. The summed E-state index contributed by atoms with van der Waals surface area (Å²) in [5, 5.41) is 11.4. The van der Waals surface area contributed by atoms with Crippen molar-refractivity contribution in [3.8, 4) is 11.5 Å². The van der Waals surface area contributed by atoms with E-state index in [-0.39, 0.29) is 12.3 Å². The average Bonchev–Trinajstić information content (AvgIpc) is 2.77. The van der Waals surface area contributed by atoms with Crippen molar-refractivity contribution in [3.05, 3.63) is 60.3 Å². The fraction of sp³-hybridized carbons (Fsp3) is 0.227. The largest absolute Gasteiger partial charge is 0.573 e. The van der Waals surface area contributed by atoms with Crippen LogP contribution in [-0.4, -0.2) is 42.6 Å². The molecular formula is C22H23F3N6O3. The Hall–Kier alpha value is -4.22. The second-order valence-electron chi connectivity index (χ2n) is 6.95. The standard InChI is InChI=1S/C22H23F3N6O3/c1-14-13-19(29-15-3-7-17(33-2)8-4-15)31-20(28-14)26-11-12-27-21(32)30-16-5-9-18(10-6-16)34-22(23,24)25/h3-10,13H,11-12H2,1-2H3,(H2,27,30,32)(H2,26,28,29,31). The molecule has 3 rings (SSSR count). The molecule has 0 bridgehead atoms. The number of hydrogen-bond acceptors (Lipinski definition) is 7. The number of carbonyl (C=O) groups is 1. The van der Waals surface area contributed by atoms with Gasteiger partial charge in [-0.1, -0.05) is 0 Å². The van der Waals surface area contributed by atoms with Gasteiger partial charge in [-0.2, -0.15) is 4.98 Å². The smallest absolute Gasteiger partial charge is 0.497 e. The number of carbonyl (C=O) groups excluding carboxylic acids is 1. The van der Waals surface area contributed by atoms with E-state index in [2.05, 4.69) is 36.0 Å². The Labute approximate surface area is 193 Å². The highest BCUT2D eigenvalue weighted by Gasteiger charge is 2.30. The van der Waals surface area contributed by atoms with Gasteiger partial charge in [0, 0.05) is 36.2 Å². The van der Waals surface area contributed by atoms with Crippen LogP contribution in [0.15, 0.2) is 54.6 Å². The molecule has 180 valence electrons. The molecule has 2 aromatic carbocycles. The van der Waals surface area contributed by atoms with Gasteiger partial charge in [0.25, 0.3) is 0 Å². The zero-order valence-electron chi connectivity index (χ0n) is 18.4. The number of alkyl halides is 3. The quantitative estimate of drug-likeness (QED) is 0.332. The van der Waals surface area contributed by atoms with Crippen LogP contribution in [0.3, 0.4) is 0 Å². The second kappa shape index (κ2) is 11.1. The van der Waals surface area contributed by atoms with E-state index in [1.807, 2.05) is 31.2 Å². The molecule has 3 aromatic rings. The molecule has 0 aliphatic carbocycles. The number of halogens is 3. The SMILES string of the molecule is COc1ccc(Nc2cc(C)nc(NCCNC(=O)Nc3ccc(OC(F)(F)F)cc3)n2)cc1. The summed E-state index contributed by atoms with van der Waals surface area (Å²) in [6, 6.07) is 13.5. The molecule has 4 N–H and O–H groups in total. The number of hydrogen-bond donors (Lipinski definition) is 4. The number of ether oxygens (including phenoxy) is 2. The van der Waals surface area contributed by atoms with Gasteiger partial charge in [-0.3, -0.25) is 0 Å². The van der Waals surface area contributed by atoms with Gasteiger partial charge in [-0.15, -0.1) is 13.2 Å². The van der Waals surface area contributed by atoms with Crippen molar-refractivity contribution in [1.82, 2.24) is 15.3 Å². The topological polar surface area (TPSA) is 109 Å². The Morgan fingerprint density at radius 2 is 1.59 bits per heavy atom. The van der Waals surface area contributed by atoms with Crippen molar-refractivity contribution in [2.75, 3.05) is 36.1 Å². The number of aromatic nitrogens is 2. The van der Waals surface area contributed by atoms with Gasteiger partial charge in [0.15, 0.2) is 0 Å². The fourth-order valence-corrected chi connectivity index (χ4v) is 2.80. The molecule has 0 aliphatic heterocycles. The number of urea groups is 1. The number of nitrogens with zero attached hydrogens (tertiary/aromatic N) is 2. The van der Waals surface area contributed by atoms with Crippen molar-refractivity contribution in [2.45, 2.75) is 13.3 Å². The second-order valence-corrected chi connectivity index (χ2v) is 6.95. The predicted octanol–water partition coefficient (Wildman–Crippen LogP) is 4.67. The number of anilines is 4. The monoisotopic (exact) mass is 476 g/mol. The number of benzene rings is 2. The number of methoxy groups -OCH3 is 1. The highest BCUT2D eigenvalue weighted by atomic mass is 19.4. The van der Waals surface area contributed by atoms with Crippen molar-refractivity contribution < 1.29 is 27.4 Å². The van der Waals surface area contributed by atoms with Crippen LogP contribution in [-0.2, 0) is 0 Å². The van der Waals surface area contributed by atoms with Gasteiger partial charge in [0.2, 0.25) is 5.95 Å². The predicted molar refractivity (Wildman–Crippen MR) is 122 cm³/mol. The van der Waals surface area contributed by atoms with Crippen LogP contribution in [0, 0.1) is 6.92 Å². The Bertz CT molecular complexity index is 1090. The molecule has 0 aliphatic rings. The summed E-state index contributed by atoms with van der Waals surface area (Å²) in [6.07, 6.45) is -4.77. The van der Waals surface area contributed by atoms with Gasteiger partial charge < -0.3 is 30.7 Å². The van der Waals surface area contributed by atoms with E-state index < -0.39 is 12.4 Å². The molecule has 9 nitrogen and oxygen atoms in total. The Balaban J connectivity index is 1.44. The summed E-state index contributed by atoms with van der Waals surface area (Å²) >= 11 is 0. The van der Waals surface area contributed by atoms with Crippen molar-refractivity contribution in [2.24, 2.45) is 0 Å². The van der Waals surface area contributed by atoms with Crippen LogP contribution in [0.1, 0.15) is 5.69 Å². The minimum absolute atomic E-state index is 0.250. The highest BCUT2D eigenvalue weighted by molar-refractivity contribution is 5.89. The molecule has 0 saturated carbocycles. The van der Waals surface area contributed by atoms with Crippen LogP contribution in [0.2, 0.25) is 0 Å². The summed E-state index contributed by atoms with van der Waals surface area (Å²) < 4.78 is 45.5. The molecule has 1 aromatic heterocycles. The number of amides is 2. The minimum atomic E-state index is -4.77. The van der Waals surface area contributed by atoms with Crippen LogP contribution in [0.5, 0.6) is 11.5 Å². The van der Waals surface area contributed by atoms with E-state index in [0.29, 0.717) is 24.0 Å². The Morgan fingerprint density at radius 1 is 0.941 bits per heavy atom. The Kier molecular flexibility index (Phi) is 7.96. The molecule has 12 heteroatoms. The lowest BCUT2D eigenvalue weighted by Crippen LogP contribution is -2.32. The summed E-state index contributed by atoms with van der Waals surface area (Å²) in [4.78, 5) is 20.7. The first-order valence-electron chi connectivity index (χ1n) is 10.1. The number of aryl methyl sites for hydroxylation is 1. The third-order valence-corrected chi connectivity index (χ3v) is 4.26. The van der Waals surface area contributed by atoms with E-state index in [1.165, 1.54) is 12.1 Å². The number of nitrogens with one attached hydrogen (secondary N) is 4. The lowest BCUT2D eigenvalue weighted by molar-refractivity contribution is -0.274. The molecule has 0 unspecified atom stereocenters. The highest BCUT2D eigenvalue weighted by Crippen LogP contribution is 2.24. The maximum Gasteiger partial charge on any atom is 0.573 e. The van der Waals surface area contributed by atoms with E-state index >= 15 is 0 Å². The maximum atomic E-state index is 12.2. The van der Waals surface area contributed by atoms with E-state index in [4.69, 9.17) is 4.74 Å². The van der Waals surface area contributed by atoms with Crippen LogP contribution in [0.4, 0.5) is 41.1 Å². The third-order valence-electron chi connectivity index (χ3n) is 4.26. The lowest BCUT2D eigenvalue weighted by atomic mass is 10.3. The van der Waals surface area contributed by atoms with E-state index in [9.17, 15) is 18.0 Å². The molecule has 0 saturated heterocycles. The summed E-state index contributed by atoms with van der Waals surface area (Å²) in [5.74, 6) is 1.36. The summed E-state index contributed by atoms with van der Waals surface area (Å²) in [5.41, 5.74) is 1.90. The molecule has 0 atom stereocenters. The average molecular weight is 476 g/mol. The Morgan fingerprint density at radius 3 is 2.24 bits per heavy atom. The maximum absolute atomic E-state index is 12.2. The normalized spacial score (nSPS) is 10.9. The van der Waals surface area contributed by atoms with Crippen LogP contribution in [0.25, 0.3) is 0 Å². The van der Waals surface area contributed by atoms with E-state index in [0.717, 1.165) is 29.3 Å². The van der Waals surface area contributed by atoms with Gasteiger partial charge in [0.1, 0.15) is 17.3 Å². The molecule has 1 heterocycles. The molecule has 0 fully saturated rings. The first kappa shape index (κ1) is 24.4. The van der Waals surface area contributed by atoms with Crippen LogP contribution >= 0.6 is 0 Å². The van der Waals surface area contributed by atoms with Gasteiger partial charge in [-0.25, -0.2) is 9.78 Å². The molecular weight excluding hydrogens is 453 g/mol. The van der Waals surface area contributed by atoms with Crippen molar-refractivity contribution >= 4 is 29.2 Å². The third kappa shape index (κ3) is 8.04.